The molecule has 1 saturated carbocycles. The summed E-state index contributed by atoms with van der Waals surface area (Å²) >= 11 is -1.86. The third-order valence-electron chi connectivity index (χ3n) is 5.91. The number of fused-ring (bicyclic) bond motifs is 1. The molecule has 2 atom stereocenters. The molecule has 5 rings (SSSR count). The number of hydrogen-bond acceptors (Lipinski definition) is 6. The second kappa shape index (κ2) is 6.89. The van der Waals surface area contributed by atoms with Crippen LogP contribution in [0.3, 0.4) is 0 Å². The van der Waals surface area contributed by atoms with Gasteiger partial charge in [0.1, 0.15) is 11.5 Å². The van der Waals surface area contributed by atoms with E-state index in [0.717, 1.165) is 47.7 Å². The number of anilines is 1. The van der Waals surface area contributed by atoms with Crippen LogP contribution in [-0.4, -0.2) is 65.1 Å². The molecule has 1 aliphatic heterocycles. The molecule has 29 heavy (non-hydrogen) atoms. The van der Waals surface area contributed by atoms with Gasteiger partial charge in [-0.1, -0.05) is 0 Å². The molecular formula is C19H24N6O3S. The normalized spacial score (nSPS) is 22.2. The van der Waals surface area contributed by atoms with Gasteiger partial charge in [0.15, 0.2) is 16.9 Å². The maximum absolute atomic E-state index is 11.7. The average molecular weight is 417 g/mol. The molecule has 3 aromatic heterocycles. The Morgan fingerprint density at radius 1 is 1.41 bits per heavy atom. The fourth-order valence-electron chi connectivity index (χ4n) is 4.18. The largest absolute Gasteiger partial charge is 0.377 e. The Morgan fingerprint density at radius 3 is 2.90 bits per heavy atom. The molecule has 0 spiro atoms. The summed E-state index contributed by atoms with van der Waals surface area (Å²) in [4.78, 5) is 6.84. The maximum Gasteiger partial charge on any atom is 0.182 e. The predicted molar refractivity (Wildman–Crippen MR) is 109 cm³/mol. The van der Waals surface area contributed by atoms with Crippen molar-refractivity contribution in [3.8, 4) is 11.5 Å². The van der Waals surface area contributed by atoms with Crippen LogP contribution in [0.15, 0.2) is 18.3 Å². The number of hydrogen-bond donors (Lipinski definition) is 2. The summed E-state index contributed by atoms with van der Waals surface area (Å²) < 4.78 is 28.7. The zero-order valence-corrected chi connectivity index (χ0v) is 17.3. The van der Waals surface area contributed by atoms with E-state index in [9.17, 15) is 8.76 Å². The minimum atomic E-state index is -1.86. The van der Waals surface area contributed by atoms with E-state index in [1.165, 1.54) is 0 Å². The van der Waals surface area contributed by atoms with Gasteiger partial charge < -0.3 is 14.2 Å². The summed E-state index contributed by atoms with van der Waals surface area (Å²) in [5.74, 6) is 1.73. The SMILES string of the molecule is Cc1cc(-c2ncc3c(C4(CS(=O)O)CC4)cc(N4CCOC[C@H]4C)nn23)n[nH]1. The minimum absolute atomic E-state index is 0.197. The lowest BCUT2D eigenvalue weighted by Crippen LogP contribution is -2.44. The second-order valence-corrected chi connectivity index (χ2v) is 9.03. The van der Waals surface area contributed by atoms with Crippen LogP contribution in [0.1, 0.15) is 31.0 Å². The van der Waals surface area contributed by atoms with Gasteiger partial charge in [-0.2, -0.15) is 5.10 Å². The number of aromatic amines is 1. The fraction of sp³-hybridized carbons (Fsp3) is 0.526. The van der Waals surface area contributed by atoms with Crippen molar-refractivity contribution in [2.45, 2.75) is 38.1 Å². The lowest BCUT2D eigenvalue weighted by molar-refractivity contribution is 0.0984. The summed E-state index contributed by atoms with van der Waals surface area (Å²) in [5, 5.41) is 12.2. The number of aryl methyl sites for hydroxylation is 1. The molecule has 1 unspecified atom stereocenters. The van der Waals surface area contributed by atoms with Gasteiger partial charge in [-0.05, 0) is 44.4 Å². The lowest BCUT2D eigenvalue weighted by Gasteiger charge is -2.34. The van der Waals surface area contributed by atoms with Crippen LogP contribution >= 0.6 is 0 Å². The van der Waals surface area contributed by atoms with Crippen LogP contribution in [0.25, 0.3) is 17.0 Å². The maximum atomic E-state index is 11.7. The van der Waals surface area contributed by atoms with E-state index in [0.29, 0.717) is 19.0 Å². The number of ether oxygens (including phenoxy) is 1. The molecule has 154 valence electrons. The van der Waals surface area contributed by atoms with Gasteiger partial charge in [0, 0.05) is 17.7 Å². The third kappa shape index (κ3) is 3.24. The quantitative estimate of drug-likeness (QED) is 0.612. The molecular weight excluding hydrogens is 392 g/mol. The van der Waals surface area contributed by atoms with Crippen LogP contribution in [0.4, 0.5) is 5.82 Å². The number of nitrogens with zero attached hydrogens (tertiary/aromatic N) is 5. The molecule has 2 N–H and O–H groups in total. The topological polar surface area (TPSA) is 109 Å². The fourth-order valence-corrected chi connectivity index (χ4v) is 5.10. The highest BCUT2D eigenvalue weighted by Crippen LogP contribution is 2.51. The van der Waals surface area contributed by atoms with Crippen molar-refractivity contribution < 1.29 is 13.5 Å². The van der Waals surface area contributed by atoms with Gasteiger partial charge in [0.2, 0.25) is 0 Å². The number of rotatable bonds is 5. The van der Waals surface area contributed by atoms with Crippen LogP contribution in [0.2, 0.25) is 0 Å². The molecule has 2 aliphatic rings. The van der Waals surface area contributed by atoms with E-state index in [1.807, 2.05) is 17.5 Å². The van der Waals surface area contributed by atoms with E-state index >= 15 is 0 Å². The predicted octanol–water partition coefficient (Wildman–Crippen LogP) is 1.91. The van der Waals surface area contributed by atoms with E-state index in [2.05, 4.69) is 33.1 Å². The molecule has 1 aliphatic carbocycles. The van der Waals surface area contributed by atoms with Gasteiger partial charge >= 0.3 is 0 Å². The molecule has 1 saturated heterocycles. The Balaban J connectivity index is 1.70. The molecule has 0 radical (unpaired) electrons. The number of H-pyrrole nitrogens is 1. The smallest absolute Gasteiger partial charge is 0.182 e. The van der Waals surface area contributed by atoms with E-state index in [-0.39, 0.29) is 17.2 Å². The molecule has 4 heterocycles. The molecule has 3 aromatic rings. The van der Waals surface area contributed by atoms with Crippen molar-refractivity contribution in [3.05, 3.63) is 29.6 Å². The first-order chi connectivity index (χ1) is 14.0. The number of aromatic nitrogens is 5. The summed E-state index contributed by atoms with van der Waals surface area (Å²) in [7, 11) is 0. The van der Waals surface area contributed by atoms with Crippen molar-refractivity contribution in [2.24, 2.45) is 0 Å². The second-order valence-electron chi connectivity index (χ2n) is 8.09. The first kappa shape index (κ1) is 18.7. The van der Waals surface area contributed by atoms with Crippen molar-refractivity contribution >= 4 is 22.4 Å². The van der Waals surface area contributed by atoms with Crippen LogP contribution < -0.4 is 4.90 Å². The summed E-state index contributed by atoms with van der Waals surface area (Å²) in [6.07, 6.45) is 3.58. The summed E-state index contributed by atoms with van der Waals surface area (Å²) in [5.41, 5.74) is 3.28. The van der Waals surface area contributed by atoms with Crippen molar-refractivity contribution in [1.82, 2.24) is 24.8 Å². The molecule has 0 aromatic carbocycles. The van der Waals surface area contributed by atoms with Crippen LogP contribution in [0, 0.1) is 6.92 Å². The van der Waals surface area contributed by atoms with E-state index < -0.39 is 11.1 Å². The van der Waals surface area contributed by atoms with Crippen molar-refractivity contribution in [2.75, 3.05) is 30.4 Å². The minimum Gasteiger partial charge on any atom is -0.377 e. The van der Waals surface area contributed by atoms with E-state index in [1.54, 1.807) is 6.20 Å². The number of imidazole rings is 1. The highest BCUT2D eigenvalue weighted by atomic mass is 32.2. The Morgan fingerprint density at radius 2 is 2.24 bits per heavy atom. The Kier molecular flexibility index (Phi) is 4.45. The van der Waals surface area contributed by atoms with Crippen LogP contribution in [-0.2, 0) is 21.2 Å². The molecule has 0 bridgehead atoms. The van der Waals surface area contributed by atoms with Crippen LogP contribution in [0.5, 0.6) is 0 Å². The zero-order valence-electron chi connectivity index (χ0n) is 16.5. The van der Waals surface area contributed by atoms with Crippen molar-refractivity contribution in [3.63, 3.8) is 0 Å². The van der Waals surface area contributed by atoms with Gasteiger partial charge in [0.05, 0.1) is 36.7 Å². The number of nitrogens with one attached hydrogen (secondary N) is 1. The first-order valence-corrected chi connectivity index (χ1v) is 11.1. The Labute approximate surface area is 170 Å². The highest BCUT2D eigenvalue weighted by Gasteiger charge is 2.47. The average Bonchev–Trinajstić information content (AvgIpc) is 3.12. The molecule has 2 fully saturated rings. The van der Waals surface area contributed by atoms with E-state index in [4.69, 9.17) is 9.84 Å². The molecule has 10 heteroatoms. The van der Waals surface area contributed by atoms with Gasteiger partial charge in [0.25, 0.3) is 0 Å². The van der Waals surface area contributed by atoms with Gasteiger partial charge in [-0.3, -0.25) is 5.10 Å². The monoisotopic (exact) mass is 416 g/mol. The Bertz CT molecular complexity index is 1090. The number of morpholine rings is 1. The van der Waals surface area contributed by atoms with Gasteiger partial charge in [-0.15, -0.1) is 5.10 Å². The van der Waals surface area contributed by atoms with Gasteiger partial charge in [-0.25, -0.2) is 13.7 Å². The summed E-state index contributed by atoms with van der Waals surface area (Å²) in [6, 6.07) is 4.22. The zero-order chi connectivity index (χ0) is 20.2. The highest BCUT2D eigenvalue weighted by molar-refractivity contribution is 7.79. The first-order valence-electron chi connectivity index (χ1n) is 9.80. The third-order valence-corrected chi connectivity index (χ3v) is 6.71. The van der Waals surface area contributed by atoms with Crippen molar-refractivity contribution in [1.29, 1.82) is 0 Å². The molecule has 9 nitrogen and oxygen atoms in total. The Hall–Kier alpha value is -2.30. The lowest BCUT2D eigenvalue weighted by atomic mass is 9.98. The molecule has 0 amide bonds. The standard InChI is InChI=1S/C19H24N6O3S/c1-12-7-15(22-21-12)18-20-9-16-14(19(3-4-19)11-29(26)27)8-17(23-25(16)18)24-5-6-28-10-13(24)2/h7-9,13H,3-6,10-11H2,1-2H3,(H,21,22)(H,26,27)/t13-/m1/s1. The summed E-state index contributed by atoms with van der Waals surface area (Å²) in [6.45, 7) is 6.12.